The molecule has 0 aliphatic heterocycles. The molecular formula is C66H113N23O25. The van der Waals surface area contributed by atoms with Crippen molar-refractivity contribution in [1.29, 1.82) is 0 Å². The molecule has 0 aliphatic carbocycles. The highest BCUT2D eigenvalue weighted by Gasteiger charge is 2.39. The number of primary amides is 2. The summed E-state index contributed by atoms with van der Waals surface area (Å²) in [5.41, 5.74) is 37.7. The average Bonchev–Trinajstić information content (AvgIpc) is 0.849. The third-order valence-corrected chi connectivity index (χ3v) is 16.3. The second kappa shape index (κ2) is 51.4. The molecule has 33 N–H and O–H groups in total. The van der Waals surface area contributed by atoms with Crippen LogP contribution in [0.15, 0.2) is 9.98 Å². The molecule has 48 nitrogen and oxygen atoms in total. The van der Waals surface area contributed by atoms with Crippen molar-refractivity contribution in [3.05, 3.63) is 0 Å². The van der Waals surface area contributed by atoms with E-state index in [1.54, 1.807) is 13.8 Å². The number of aliphatic hydroxyl groups is 1. The second-order valence-electron chi connectivity index (χ2n) is 27.9. The number of hydrogen-bond donors (Lipinski definition) is 26. The molecule has 0 fully saturated rings. The van der Waals surface area contributed by atoms with Gasteiger partial charge >= 0.3 is 23.9 Å². The van der Waals surface area contributed by atoms with Crippen molar-refractivity contribution in [3.63, 3.8) is 0 Å². The molecule has 14 atom stereocenters. The summed E-state index contributed by atoms with van der Waals surface area (Å²) < 4.78 is 0. The van der Waals surface area contributed by atoms with Crippen LogP contribution in [0, 0.1) is 23.7 Å². The summed E-state index contributed by atoms with van der Waals surface area (Å²) in [6.07, 6.45) is -6.45. The molecule has 0 radical (unpaired) electrons. The summed E-state index contributed by atoms with van der Waals surface area (Å²) in [5, 5.41) is 79.8. The SMILES string of the molecule is CC(C)C[C@H](NC(=O)[C@H](CCCN=C(N)N)NC(=O)[C@H](CCC(=O)O)NC(=O)[C@H](C)NC(=O)CNC(=O)[C@@H](NC(=O)[C@@H](NC(=O)[C@@H](NC(=O)[C@H](CCC(=O)O)NC(=O)[C@H](CC(N)=O)NC(=O)[C@H](CC(N)=O)NC(=O)[C@H](CC(=O)O)NC(=O)[C@H](C)NC(=O)[C@@H](N)CO)C(C)C)C(C)C)C(C)C)C(=O)N[C@@H](CCCN=C(N)N)C(=O)O. The van der Waals surface area contributed by atoms with E-state index < -0.39 is 279 Å². The molecule has 0 unspecified atom stereocenters. The van der Waals surface area contributed by atoms with Crippen molar-refractivity contribution >= 4 is 130 Å². The van der Waals surface area contributed by atoms with Gasteiger partial charge < -0.3 is 140 Å². The topological polar surface area (TPSA) is 818 Å². The molecule has 16 amide bonds. The summed E-state index contributed by atoms with van der Waals surface area (Å²) in [7, 11) is 0. The minimum atomic E-state index is -2.12. The van der Waals surface area contributed by atoms with Gasteiger partial charge in [0.2, 0.25) is 94.5 Å². The van der Waals surface area contributed by atoms with Crippen LogP contribution in [0.5, 0.6) is 0 Å². The quantitative estimate of drug-likeness (QED) is 0.0153. The number of rotatable bonds is 55. The van der Waals surface area contributed by atoms with Gasteiger partial charge in [0.1, 0.15) is 84.6 Å². The number of carbonyl (C=O) groups is 20. The molecule has 0 spiro atoms. The van der Waals surface area contributed by atoms with Crippen LogP contribution in [-0.2, 0) is 95.9 Å². The van der Waals surface area contributed by atoms with Crippen LogP contribution in [0.3, 0.4) is 0 Å². The first-order chi connectivity index (χ1) is 52.9. The fourth-order valence-corrected chi connectivity index (χ4v) is 10.2. The number of carboxylic acid groups (broad SMARTS) is 4. The maximum Gasteiger partial charge on any atom is 0.326 e. The number of amides is 16. The van der Waals surface area contributed by atoms with Gasteiger partial charge in [0.15, 0.2) is 11.9 Å². The average molecular weight is 1630 g/mol. The third-order valence-electron chi connectivity index (χ3n) is 16.3. The van der Waals surface area contributed by atoms with E-state index in [0.717, 1.165) is 13.8 Å². The minimum Gasteiger partial charge on any atom is -0.481 e. The Balaban J connectivity index is 6.66. The number of carbonyl (C=O) groups excluding carboxylic acids is 16. The van der Waals surface area contributed by atoms with Crippen LogP contribution >= 0.6 is 0 Å². The van der Waals surface area contributed by atoms with Gasteiger partial charge in [-0.3, -0.25) is 101 Å². The molecule has 114 heavy (non-hydrogen) atoms. The maximum absolute atomic E-state index is 14.2. The van der Waals surface area contributed by atoms with Crippen molar-refractivity contribution in [2.75, 3.05) is 26.2 Å². The van der Waals surface area contributed by atoms with Crippen LogP contribution in [0.4, 0.5) is 0 Å². The van der Waals surface area contributed by atoms with Crippen LogP contribution in [0.2, 0.25) is 0 Å². The zero-order chi connectivity index (χ0) is 87.7. The number of hydrogen-bond acceptors (Lipinski definition) is 24. The first-order valence-corrected chi connectivity index (χ1v) is 36.1. The van der Waals surface area contributed by atoms with Crippen molar-refractivity contribution in [1.82, 2.24) is 74.4 Å². The minimum absolute atomic E-state index is 0.0250. The van der Waals surface area contributed by atoms with Crippen LogP contribution in [0.1, 0.15) is 146 Å². The van der Waals surface area contributed by atoms with E-state index in [1.165, 1.54) is 41.5 Å². The lowest BCUT2D eigenvalue weighted by atomic mass is 9.97. The molecular weight excluding hydrogens is 1510 g/mol. The van der Waals surface area contributed by atoms with Gasteiger partial charge in [-0.1, -0.05) is 55.4 Å². The van der Waals surface area contributed by atoms with E-state index in [1.807, 2.05) is 16.0 Å². The number of aliphatic imine (C=N–C) groups is 2. The van der Waals surface area contributed by atoms with Gasteiger partial charge in [0, 0.05) is 25.9 Å². The molecule has 0 bridgehead atoms. The smallest absolute Gasteiger partial charge is 0.326 e. The van der Waals surface area contributed by atoms with Gasteiger partial charge in [-0.05, 0) is 82.5 Å². The lowest BCUT2D eigenvalue weighted by molar-refractivity contribution is -0.143. The number of aliphatic hydroxyl groups excluding tert-OH is 1. The van der Waals surface area contributed by atoms with Gasteiger partial charge in [-0.2, -0.15) is 0 Å². The van der Waals surface area contributed by atoms with E-state index in [2.05, 4.69) is 68.5 Å². The van der Waals surface area contributed by atoms with Crippen molar-refractivity contribution in [3.8, 4) is 0 Å². The standard InChI is InChI=1S/C66H113N23O25/c1-27(2)21-38(57(106)82-37(64(113)114)14-12-20-75-66(72)73)84-54(103)34(13-11-19-74-65(70)71)80-55(104)35(15-17-45(94)95)79-51(100)31(9)77-44(93)25-76-61(110)48(28(3)4)88-63(112)50(30(7)8)89-62(111)49(29(5)6)87-56(105)36(16-18-46(96)97)81-58(107)39(22-42(68)91)85-59(108)40(23-43(69)92)86-60(109)41(24-47(98)99)83-52(101)32(10)78-53(102)33(67)26-90/h27-41,48-50,90H,11-26,67H2,1-10H3,(H2,68,91)(H2,69,92)(H,76,110)(H,77,93)(H,78,102)(H,79,100)(H,80,104)(H,81,107)(H,82,106)(H,83,101)(H,84,103)(H,85,108)(H,86,109)(H,87,105)(H,88,112)(H,89,111)(H,94,95)(H,96,97)(H,98,99)(H,113,114)(H4,70,71,74)(H4,72,73,75)/t31-,32-,33-,34-,35-,36-,37-,38-,39-,40-,41-,48-,49-,50-/m0/s1. The predicted molar refractivity (Wildman–Crippen MR) is 400 cm³/mol. The number of carboxylic acids is 4. The maximum atomic E-state index is 14.2. The lowest BCUT2D eigenvalue weighted by Crippen LogP contribution is -2.62. The molecule has 0 aromatic rings. The van der Waals surface area contributed by atoms with E-state index >= 15 is 0 Å². The monoisotopic (exact) mass is 1630 g/mol. The number of aliphatic carboxylic acids is 4. The number of nitrogens with two attached hydrogens (primary N) is 7. The zero-order valence-corrected chi connectivity index (χ0v) is 65.0. The molecule has 0 aliphatic rings. The van der Waals surface area contributed by atoms with Crippen molar-refractivity contribution < 1.29 is 121 Å². The fraction of sp³-hybridized carbons (Fsp3) is 0.667. The van der Waals surface area contributed by atoms with Crippen molar-refractivity contribution in [2.45, 2.75) is 231 Å². The summed E-state index contributed by atoms with van der Waals surface area (Å²) in [6.45, 7) is 12.8. The van der Waals surface area contributed by atoms with Gasteiger partial charge in [0.05, 0.1) is 32.4 Å². The highest BCUT2D eigenvalue weighted by atomic mass is 16.4. The van der Waals surface area contributed by atoms with Crippen molar-refractivity contribution in [2.24, 2.45) is 73.8 Å². The van der Waals surface area contributed by atoms with E-state index in [4.69, 9.17) is 45.2 Å². The Bertz CT molecular complexity index is 3480. The lowest BCUT2D eigenvalue weighted by Gasteiger charge is -2.30. The third kappa shape index (κ3) is 40.7. The van der Waals surface area contributed by atoms with Crippen LogP contribution in [-0.4, -0.2) is 267 Å². The molecule has 48 heteroatoms. The first kappa shape index (κ1) is 102. The molecule has 0 aromatic carbocycles. The summed E-state index contributed by atoms with van der Waals surface area (Å²) in [6, 6.07) is -23.4. The Morgan fingerprint density at radius 1 is 0.333 bits per heavy atom. The van der Waals surface area contributed by atoms with Gasteiger partial charge in [-0.25, -0.2) is 4.79 Å². The largest absolute Gasteiger partial charge is 0.481 e. The Hall–Kier alpha value is -12.1. The Labute approximate surface area is 655 Å². The Morgan fingerprint density at radius 2 is 0.649 bits per heavy atom. The molecule has 642 valence electrons. The molecule has 0 saturated heterocycles. The number of nitrogens with zero attached hydrogens (tertiary/aromatic N) is 2. The van der Waals surface area contributed by atoms with Crippen LogP contribution in [0.25, 0.3) is 0 Å². The fourth-order valence-electron chi connectivity index (χ4n) is 10.2. The van der Waals surface area contributed by atoms with Crippen LogP contribution < -0.4 is 115 Å². The predicted octanol–water partition coefficient (Wildman–Crippen LogP) is -11.1. The molecule has 0 aromatic heterocycles. The van der Waals surface area contributed by atoms with E-state index in [0.29, 0.717) is 0 Å². The van der Waals surface area contributed by atoms with Gasteiger partial charge in [-0.15, -0.1) is 0 Å². The first-order valence-electron chi connectivity index (χ1n) is 36.1. The summed E-state index contributed by atoms with van der Waals surface area (Å²) >= 11 is 0. The van der Waals surface area contributed by atoms with E-state index in [-0.39, 0.29) is 63.0 Å². The normalized spacial score (nSPS) is 14.7. The summed E-state index contributed by atoms with van der Waals surface area (Å²) in [5.74, 6) is -27.8. The number of guanidine groups is 2. The molecule has 0 rings (SSSR count). The zero-order valence-electron chi connectivity index (χ0n) is 65.0. The Kier molecular flexibility index (Phi) is 45.9. The second-order valence-corrected chi connectivity index (χ2v) is 27.9. The summed E-state index contributed by atoms with van der Waals surface area (Å²) in [4.78, 5) is 271. The Morgan fingerprint density at radius 3 is 1.02 bits per heavy atom. The highest BCUT2D eigenvalue weighted by molar-refractivity contribution is 6.02. The molecule has 0 heterocycles. The number of nitrogens with one attached hydrogen (secondary N) is 14. The van der Waals surface area contributed by atoms with Gasteiger partial charge in [0.25, 0.3) is 0 Å². The van der Waals surface area contributed by atoms with E-state index in [9.17, 15) is 116 Å². The molecule has 0 saturated carbocycles. The highest BCUT2D eigenvalue weighted by Crippen LogP contribution is 2.14.